The Bertz CT molecular complexity index is 487. The highest BCUT2D eigenvalue weighted by Gasteiger charge is 2.16. The van der Waals surface area contributed by atoms with Crippen molar-refractivity contribution in [3.8, 4) is 11.6 Å². The summed E-state index contributed by atoms with van der Waals surface area (Å²) < 4.78 is 6.87. The van der Waals surface area contributed by atoms with Crippen LogP contribution in [0, 0.1) is 6.92 Å². The van der Waals surface area contributed by atoms with Crippen molar-refractivity contribution in [1.29, 1.82) is 0 Å². The molecule has 6 nitrogen and oxygen atoms in total. The van der Waals surface area contributed by atoms with Crippen LogP contribution in [0.25, 0.3) is 11.6 Å². The van der Waals surface area contributed by atoms with Gasteiger partial charge in [0.1, 0.15) is 11.8 Å². The molecule has 2 heterocycles. The van der Waals surface area contributed by atoms with E-state index in [4.69, 9.17) is 4.52 Å². The van der Waals surface area contributed by atoms with E-state index in [1.54, 1.807) is 11.6 Å². The summed E-state index contributed by atoms with van der Waals surface area (Å²) in [5.41, 5.74) is 1.67. The Morgan fingerprint density at radius 3 is 2.88 bits per heavy atom. The van der Waals surface area contributed by atoms with Crippen LogP contribution in [0.5, 0.6) is 0 Å². The molecule has 0 aliphatic rings. The quantitative estimate of drug-likeness (QED) is 0.847. The summed E-state index contributed by atoms with van der Waals surface area (Å²) in [7, 11) is 0. The van der Waals surface area contributed by atoms with Crippen molar-refractivity contribution in [3.05, 3.63) is 17.6 Å². The van der Waals surface area contributed by atoms with Gasteiger partial charge in [-0.05, 0) is 26.8 Å². The summed E-state index contributed by atoms with van der Waals surface area (Å²) in [5.74, 6) is 0.676. The minimum Gasteiger partial charge on any atom is -0.385 e. The zero-order chi connectivity index (χ0) is 11.7. The van der Waals surface area contributed by atoms with E-state index < -0.39 is 6.10 Å². The van der Waals surface area contributed by atoms with Crippen LogP contribution in [-0.4, -0.2) is 25.0 Å². The smallest absolute Gasteiger partial charge is 0.276 e. The Balaban J connectivity index is 2.41. The summed E-state index contributed by atoms with van der Waals surface area (Å²) in [4.78, 5) is 4.11. The average molecular weight is 222 g/mol. The molecule has 0 aliphatic carbocycles. The van der Waals surface area contributed by atoms with Crippen LogP contribution in [0.4, 0.5) is 0 Å². The van der Waals surface area contributed by atoms with Gasteiger partial charge in [0.2, 0.25) is 0 Å². The molecule has 1 atom stereocenters. The number of aryl methyl sites for hydroxylation is 2. The molecular weight excluding hydrogens is 208 g/mol. The third kappa shape index (κ3) is 1.83. The van der Waals surface area contributed by atoms with E-state index in [0.29, 0.717) is 5.89 Å². The Morgan fingerprint density at radius 1 is 1.56 bits per heavy atom. The van der Waals surface area contributed by atoms with Crippen molar-refractivity contribution in [3.63, 3.8) is 0 Å². The Morgan fingerprint density at radius 2 is 2.31 bits per heavy atom. The molecule has 0 saturated heterocycles. The average Bonchev–Trinajstić information content (AvgIpc) is 2.82. The van der Waals surface area contributed by atoms with Gasteiger partial charge in [0, 0.05) is 6.54 Å². The van der Waals surface area contributed by atoms with E-state index in [0.717, 1.165) is 17.9 Å². The van der Waals surface area contributed by atoms with Gasteiger partial charge >= 0.3 is 0 Å². The molecule has 2 aromatic rings. The van der Waals surface area contributed by atoms with Crippen LogP contribution in [-0.2, 0) is 6.54 Å². The fraction of sp³-hybridized carbons (Fsp3) is 0.500. The molecule has 0 fully saturated rings. The van der Waals surface area contributed by atoms with Crippen molar-refractivity contribution < 1.29 is 9.63 Å². The van der Waals surface area contributed by atoms with Gasteiger partial charge in [-0.25, -0.2) is 0 Å². The first kappa shape index (κ1) is 10.8. The van der Waals surface area contributed by atoms with Crippen molar-refractivity contribution >= 4 is 0 Å². The first-order chi connectivity index (χ1) is 7.61. The maximum atomic E-state index is 9.31. The maximum Gasteiger partial charge on any atom is 0.276 e. The van der Waals surface area contributed by atoms with E-state index in [1.165, 1.54) is 0 Å². The van der Waals surface area contributed by atoms with Gasteiger partial charge in [-0.2, -0.15) is 10.1 Å². The summed E-state index contributed by atoms with van der Waals surface area (Å²) >= 11 is 0. The molecule has 0 bridgehead atoms. The van der Waals surface area contributed by atoms with Crippen LogP contribution in [0.1, 0.15) is 31.5 Å². The lowest BCUT2D eigenvalue weighted by Gasteiger charge is -1.98. The number of hydrogen-bond acceptors (Lipinski definition) is 5. The van der Waals surface area contributed by atoms with Crippen LogP contribution < -0.4 is 0 Å². The Kier molecular flexibility index (Phi) is 2.74. The van der Waals surface area contributed by atoms with Gasteiger partial charge in [-0.15, -0.1) is 0 Å². The van der Waals surface area contributed by atoms with Crippen LogP contribution in [0.3, 0.4) is 0 Å². The SMILES string of the molecule is CCn1nc(C)cc1-c1nc(C(C)O)no1. The van der Waals surface area contributed by atoms with Crippen molar-refractivity contribution in [2.75, 3.05) is 0 Å². The van der Waals surface area contributed by atoms with Gasteiger partial charge in [0.15, 0.2) is 5.82 Å². The second kappa shape index (κ2) is 4.05. The summed E-state index contributed by atoms with van der Waals surface area (Å²) in [6.45, 7) is 6.22. The first-order valence-corrected chi connectivity index (χ1v) is 5.18. The lowest BCUT2D eigenvalue weighted by atomic mass is 10.3. The maximum absolute atomic E-state index is 9.31. The number of aliphatic hydroxyl groups is 1. The number of rotatable bonds is 3. The molecule has 0 aromatic carbocycles. The third-order valence-electron chi connectivity index (χ3n) is 2.24. The predicted molar refractivity (Wildman–Crippen MR) is 56.6 cm³/mol. The summed E-state index contributed by atoms with van der Waals surface area (Å²) in [5, 5.41) is 17.3. The topological polar surface area (TPSA) is 77.0 Å². The van der Waals surface area contributed by atoms with Gasteiger partial charge in [-0.3, -0.25) is 4.68 Å². The normalized spacial score (nSPS) is 13.0. The minimum atomic E-state index is -0.725. The van der Waals surface area contributed by atoms with E-state index in [1.807, 2.05) is 19.9 Å². The van der Waals surface area contributed by atoms with E-state index in [-0.39, 0.29) is 5.82 Å². The molecule has 86 valence electrons. The standard InChI is InChI=1S/C10H14N4O2/c1-4-14-8(5-6(2)12-14)10-11-9(7(3)15)13-16-10/h5,7,15H,4H2,1-3H3. The molecule has 1 unspecified atom stereocenters. The monoisotopic (exact) mass is 222 g/mol. The van der Waals surface area contributed by atoms with Crippen LogP contribution in [0.15, 0.2) is 10.6 Å². The Hall–Kier alpha value is -1.69. The molecular formula is C10H14N4O2. The fourth-order valence-electron chi connectivity index (χ4n) is 1.47. The van der Waals surface area contributed by atoms with Gasteiger partial charge < -0.3 is 9.63 Å². The third-order valence-corrected chi connectivity index (χ3v) is 2.24. The lowest BCUT2D eigenvalue weighted by Crippen LogP contribution is -1.99. The van der Waals surface area contributed by atoms with Crippen molar-refractivity contribution in [1.82, 2.24) is 19.9 Å². The molecule has 16 heavy (non-hydrogen) atoms. The van der Waals surface area contributed by atoms with Crippen molar-refractivity contribution in [2.24, 2.45) is 0 Å². The zero-order valence-corrected chi connectivity index (χ0v) is 9.51. The minimum absolute atomic E-state index is 0.288. The second-order valence-corrected chi connectivity index (χ2v) is 3.62. The molecule has 0 aliphatic heterocycles. The van der Waals surface area contributed by atoms with E-state index in [9.17, 15) is 5.11 Å². The highest BCUT2D eigenvalue weighted by Crippen LogP contribution is 2.20. The fourth-order valence-corrected chi connectivity index (χ4v) is 1.47. The summed E-state index contributed by atoms with van der Waals surface area (Å²) in [6.07, 6.45) is -0.725. The molecule has 0 amide bonds. The van der Waals surface area contributed by atoms with Crippen LogP contribution in [0.2, 0.25) is 0 Å². The second-order valence-electron chi connectivity index (χ2n) is 3.62. The molecule has 0 spiro atoms. The Labute approximate surface area is 92.9 Å². The number of nitrogens with zero attached hydrogens (tertiary/aromatic N) is 4. The highest BCUT2D eigenvalue weighted by atomic mass is 16.5. The van der Waals surface area contributed by atoms with Gasteiger partial charge in [0.25, 0.3) is 5.89 Å². The van der Waals surface area contributed by atoms with Crippen molar-refractivity contribution in [2.45, 2.75) is 33.4 Å². The molecule has 6 heteroatoms. The highest BCUT2D eigenvalue weighted by molar-refractivity contribution is 5.47. The van der Waals surface area contributed by atoms with Crippen LogP contribution >= 0.6 is 0 Å². The molecule has 0 radical (unpaired) electrons. The molecule has 2 rings (SSSR count). The first-order valence-electron chi connectivity index (χ1n) is 5.18. The van der Waals surface area contributed by atoms with E-state index >= 15 is 0 Å². The predicted octanol–water partition coefficient (Wildman–Crippen LogP) is 1.31. The largest absolute Gasteiger partial charge is 0.385 e. The van der Waals surface area contributed by atoms with Gasteiger partial charge in [0.05, 0.1) is 5.69 Å². The summed E-state index contributed by atoms with van der Waals surface area (Å²) in [6, 6.07) is 1.88. The lowest BCUT2D eigenvalue weighted by molar-refractivity contribution is 0.184. The zero-order valence-electron chi connectivity index (χ0n) is 9.51. The molecule has 1 N–H and O–H groups in total. The van der Waals surface area contributed by atoms with Gasteiger partial charge in [-0.1, -0.05) is 5.16 Å². The number of aliphatic hydroxyl groups excluding tert-OH is 1. The molecule has 0 saturated carbocycles. The number of aromatic nitrogens is 4. The molecule has 2 aromatic heterocycles. The van der Waals surface area contributed by atoms with E-state index in [2.05, 4.69) is 15.2 Å². The number of hydrogen-bond donors (Lipinski definition) is 1.